The molecule has 0 aliphatic rings. The first-order valence-corrected chi connectivity index (χ1v) is 7.24. The summed E-state index contributed by atoms with van der Waals surface area (Å²) in [5, 5.41) is 24.6. The minimum Gasteiger partial charge on any atom is -0.516 e. The molecule has 2 N–H and O–H groups in total. The molecule has 0 radical (unpaired) electrons. The van der Waals surface area contributed by atoms with E-state index in [0.717, 1.165) is 11.6 Å². The number of nitro groups is 1. The van der Waals surface area contributed by atoms with Crippen molar-refractivity contribution in [1.82, 2.24) is 4.98 Å². The largest absolute Gasteiger partial charge is 0.516 e. The van der Waals surface area contributed by atoms with E-state index in [1.807, 2.05) is 24.3 Å². The molecule has 1 aromatic heterocycles. The average Bonchev–Trinajstić information content (AvgIpc) is 2.60. The number of rotatable bonds is 5. The van der Waals surface area contributed by atoms with Crippen molar-refractivity contribution in [3.8, 4) is 5.75 Å². The van der Waals surface area contributed by atoms with Gasteiger partial charge in [0.25, 0.3) is 5.69 Å². The number of ether oxygens (including phenoxy) is 1. The molecule has 3 aromatic rings. The van der Waals surface area contributed by atoms with Gasteiger partial charge in [-0.3, -0.25) is 10.1 Å². The lowest BCUT2D eigenvalue weighted by Gasteiger charge is -2.14. The summed E-state index contributed by atoms with van der Waals surface area (Å²) in [5.41, 5.74) is 1.64. The summed E-state index contributed by atoms with van der Waals surface area (Å²) in [6.45, 7) is 0.313. The Kier molecular flexibility index (Phi) is 4.15. The van der Waals surface area contributed by atoms with Gasteiger partial charge in [-0.15, -0.1) is 0 Å². The van der Waals surface area contributed by atoms with Crippen LogP contribution in [0.1, 0.15) is 0 Å². The van der Waals surface area contributed by atoms with Gasteiger partial charge in [0, 0.05) is 18.0 Å². The molecule has 0 saturated carbocycles. The van der Waals surface area contributed by atoms with Crippen LogP contribution in [0.25, 0.3) is 21.8 Å². The van der Waals surface area contributed by atoms with E-state index in [4.69, 9.17) is 9.84 Å². The number of nitro benzene ring substituents is 1. The second-order valence-corrected chi connectivity index (χ2v) is 5.04. The molecule has 7 heteroatoms. The molecule has 2 aromatic carbocycles. The van der Waals surface area contributed by atoms with Gasteiger partial charge in [-0.05, 0) is 18.2 Å². The van der Waals surface area contributed by atoms with Crippen molar-refractivity contribution in [2.45, 2.75) is 0 Å². The average molecular weight is 325 g/mol. The van der Waals surface area contributed by atoms with E-state index in [1.165, 1.54) is 19.3 Å². The standard InChI is InChI=1S/C17H15N3O4/c1-24-14-8-7-13(20(22)23)15-16(18-9-4-10-21)11-5-2-3-6-12(11)19-17(14)15/h2-8,10,21H,9H2,1H3,(H,18,19). The Morgan fingerprint density at radius 3 is 2.83 bits per heavy atom. The van der Waals surface area contributed by atoms with Crippen molar-refractivity contribution in [2.24, 2.45) is 0 Å². The number of para-hydroxylation sites is 1. The third-order valence-corrected chi connectivity index (χ3v) is 3.69. The van der Waals surface area contributed by atoms with Gasteiger partial charge in [0.2, 0.25) is 0 Å². The molecule has 0 atom stereocenters. The summed E-state index contributed by atoms with van der Waals surface area (Å²) >= 11 is 0. The van der Waals surface area contributed by atoms with Gasteiger partial charge in [-0.25, -0.2) is 4.98 Å². The van der Waals surface area contributed by atoms with Crippen LogP contribution < -0.4 is 10.1 Å². The van der Waals surface area contributed by atoms with E-state index < -0.39 is 4.92 Å². The number of non-ortho nitro benzene ring substituents is 1. The number of pyridine rings is 1. The van der Waals surface area contributed by atoms with Crippen LogP contribution in [0.15, 0.2) is 48.7 Å². The van der Waals surface area contributed by atoms with Crippen LogP contribution in [-0.2, 0) is 0 Å². The summed E-state index contributed by atoms with van der Waals surface area (Å²) in [5.74, 6) is 0.460. The number of nitrogens with zero attached hydrogens (tertiary/aromatic N) is 2. The second kappa shape index (κ2) is 6.41. The fourth-order valence-corrected chi connectivity index (χ4v) is 2.67. The Morgan fingerprint density at radius 1 is 1.33 bits per heavy atom. The SMILES string of the molecule is COc1ccc([N+](=O)[O-])c2c(NCC=CO)c3ccccc3nc12. The van der Waals surface area contributed by atoms with Gasteiger partial charge in [-0.1, -0.05) is 18.2 Å². The smallest absolute Gasteiger partial charge is 0.281 e. The highest BCUT2D eigenvalue weighted by molar-refractivity contribution is 6.12. The van der Waals surface area contributed by atoms with Gasteiger partial charge in [-0.2, -0.15) is 0 Å². The van der Waals surface area contributed by atoms with Crippen LogP contribution in [-0.4, -0.2) is 28.7 Å². The van der Waals surface area contributed by atoms with Crippen molar-refractivity contribution in [3.63, 3.8) is 0 Å². The Balaban J connectivity index is 2.44. The topological polar surface area (TPSA) is 97.5 Å². The van der Waals surface area contributed by atoms with Crippen LogP contribution >= 0.6 is 0 Å². The highest BCUT2D eigenvalue weighted by Crippen LogP contribution is 2.40. The number of hydrogen-bond acceptors (Lipinski definition) is 6. The van der Waals surface area contributed by atoms with Gasteiger partial charge >= 0.3 is 0 Å². The zero-order valence-electron chi connectivity index (χ0n) is 12.9. The van der Waals surface area contributed by atoms with Gasteiger partial charge < -0.3 is 15.2 Å². The molecule has 122 valence electrons. The molecule has 0 unspecified atom stereocenters. The first-order valence-electron chi connectivity index (χ1n) is 7.24. The van der Waals surface area contributed by atoms with E-state index in [9.17, 15) is 10.1 Å². The maximum atomic E-state index is 11.5. The van der Waals surface area contributed by atoms with Crippen LogP contribution in [0, 0.1) is 10.1 Å². The molecule has 0 saturated heterocycles. The molecular formula is C17H15N3O4. The lowest BCUT2D eigenvalue weighted by atomic mass is 10.1. The minimum atomic E-state index is -0.439. The molecule has 0 fully saturated rings. The summed E-state index contributed by atoms with van der Waals surface area (Å²) in [7, 11) is 1.50. The molecule has 0 amide bonds. The Morgan fingerprint density at radius 2 is 2.12 bits per heavy atom. The monoisotopic (exact) mass is 325 g/mol. The van der Waals surface area contributed by atoms with Crippen molar-refractivity contribution in [1.29, 1.82) is 0 Å². The van der Waals surface area contributed by atoms with E-state index in [-0.39, 0.29) is 5.69 Å². The van der Waals surface area contributed by atoms with Crippen molar-refractivity contribution in [2.75, 3.05) is 19.0 Å². The van der Waals surface area contributed by atoms with Gasteiger partial charge in [0.15, 0.2) is 0 Å². The van der Waals surface area contributed by atoms with Crippen molar-refractivity contribution in [3.05, 3.63) is 58.9 Å². The Bertz CT molecular complexity index is 953. The maximum Gasteiger partial charge on any atom is 0.281 e. The van der Waals surface area contributed by atoms with Gasteiger partial charge in [0.05, 0.1) is 29.5 Å². The number of methoxy groups -OCH3 is 1. The maximum absolute atomic E-state index is 11.5. The number of fused-ring (bicyclic) bond motifs is 2. The Hall–Kier alpha value is -3.35. The predicted molar refractivity (Wildman–Crippen MR) is 92.7 cm³/mol. The van der Waals surface area contributed by atoms with Gasteiger partial charge in [0.1, 0.15) is 16.7 Å². The first kappa shape index (κ1) is 15.5. The Labute approximate surface area is 137 Å². The molecular weight excluding hydrogens is 310 g/mol. The number of aliphatic hydroxyl groups is 1. The molecule has 3 rings (SSSR count). The third kappa shape index (κ3) is 2.56. The molecule has 0 bridgehead atoms. The van der Waals surface area contributed by atoms with Crippen molar-refractivity contribution < 1.29 is 14.8 Å². The molecule has 0 spiro atoms. The van der Waals surface area contributed by atoms with E-state index >= 15 is 0 Å². The van der Waals surface area contributed by atoms with E-state index in [0.29, 0.717) is 34.4 Å². The number of anilines is 1. The number of nitrogens with one attached hydrogen (secondary N) is 1. The number of aliphatic hydroxyl groups excluding tert-OH is 1. The molecule has 1 heterocycles. The quantitative estimate of drug-likeness (QED) is 0.320. The lowest BCUT2D eigenvalue weighted by molar-refractivity contribution is -0.383. The third-order valence-electron chi connectivity index (χ3n) is 3.69. The first-order chi connectivity index (χ1) is 11.7. The summed E-state index contributed by atoms with van der Waals surface area (Å²) in [4.78, 5) is 15.6. The minimum absolute atomic E-state index is 0.0560. The highest BCUT2D eigenvalue weighted by Gasteiger charge is 2.21. The molecule has 24 heavy (non-hydrogen) atoms. The zero-order valence-corrected chi connectivity index (χ0v) is 12.9. The van der Waals surface area contributed by atoms with E-state index in [2.05, 4.69) is 10.3 Å². The van der Waals surface area contributed by atoms with Crippen LogP contribution in [0.5, 0.6) is 5.75 Å². The zero-order chi connectivity index (χ0) is 17.1. The van der Waals surface area contributed by atoms with E-state index in [1.54, 1.807) is 6.07 Å². The number of benzene rings is 2. The normalized spacial score (nSPS) is 11.2. The number of hydrogen-bond donors (Lipinski definition) is 2. The second-order valence-electron chi connectivity index (χ2n) is 5.04. The van der Waals surface area contributed by atoms with Crippen molar-refractivity contribution >= 4 is 33.2 Å². The fourth-order valence-electron chi connectivity index (χ4n) is 2.67. The number of aromatic nitrogens is 1. The highest BCUT2D eigenvalue weighted by atomic mass is 16.6. The summed E-state index contributed by atoms with van der Waals surface area (Å²) < 4.78 is 5.32. The van der Waals surface area contributed by atoms with Crippen LogP contribution in [0.3, 0.4) is 0 Å². The lowest BCUT2D eigenvalue weighted by Crippen LogP contribution is -2.03. The molecule has 7 nitrogen and oxygen atoms in total. The fraction of sp³-hybridized carbons (Fsp3) is 0.118. The summed E-state index contributed by atoms with van der Waals surface area (Å²) in [6.07, 6.45) is 2.43. The molecule has 0 aliphatic carbocycles. The van der Waals surface area contributed by atoms with Crippen LogP contribution in [0.2, 0.25) is 0 Å². The predicted octanol–water partition coefficient (Wildman–Crippen LogP) is 3.79. The van der Waals surface area contributed by atoms with Crippen LogP contribution in [0.4, 0.5) is 11.4 Å². The molecule has 0 aliphatic heterocycles. The summed E-state index contributed by atoms with van der Waals surface area (Å²) in [6, 6.07) is 10.3.